The van der Waals surface area contributed by atoms with E-state index in [1.54, 1.807) is 18.6 Å². The Labute approximate surface area is 172 Å². The second-order valence-corrected chi connectivity index (χ2v) is 7.46. The largest absolute Gasteiger partial charge is 0.356 e. The van der Waals surface area contributed by atoms with Gasteiger partial charge in [0.2, 0.25) is 17.6 Å². The van der Waals surface area contributed by atoms with E-state index in [4.69, 9.17) is 9.05 Å². The third-order valence-electron chi connectivity index (χ3n) is 5.37. The van der Waals surface area contributed by atoms with Gasteiger partial charge in [0.25, 0.3) is 0 Å². The Morgan fingerprint density at radius 1 is 1.17 bits per heavy atom. The molecule has 1 amide bonds. The average Bonchev–Trinajstić information content (AvgIpc) is 3.42. The van der Waals surface area contributed by atoms with Gasteiger partial charge in [0, 0.05) is 37.3 Å². The van der Waals surface area contributed by atoms with Crippen LogP contribution in [0.5, 0.6) is 0 Å². The van der Waals surface area contributed by atoms with Crippen molar-refractivity contribution in [3.8, 4) is 11.5 Å². The van der Waals surface area contributed by atoms with Crippen LogP contribution in [0.3, 0.4) is 0 Å². The highest BCUT2D eigenvalue weighted by atomic mass is 16.5. The van der Waals surface area contributed by atoms with Crippen LogP contribution in [0.1, 0.15) is 24.4 Å². The monoisotopic (exact) mass is 404 g/mol. The maximum atomic E-state index is 12.9. The third-order valence-corrected chi connectivity index (χ3v) is 5.37. The number of likely N-dealkylation sites (tertiary alicyclic amines) is 1. The molecule has 0 saturated carbocycles. The van der Waals surface area contributed by atoms with E-state index in [-0.39, 0.29) is 18.2 Å². The van der Waals surface area contributed by atoms with Crippen molar-refractivity contribution < 1.29 is 13.8 Å². The molecular formula is C21H20N6O3. The van der Waals surface area contributed by atoms with E-state index < -0.39 is 0 Å². The summed E-state index contributed by atoms with van der Waals surface area (Å²) in [4.78, 5) is 27.4. The third kappa shape index (κ3) is 3.78. The van der Waals surface area contributed by atoms with Crippen LogP contribution in [0, 0.1) is 5.92 Å². The first kappa shape index (κ1) is 18.4. The van der Waals surface area contributed by atoms with E-state index >= 15 is 0 Å². The van der Waals surface area contributed by atoms with Crippen molar-refractivity contribution >= 4 is 16.9 Å². The van der Waals surface area contributed by atoms with Crippen LogP contribution >= 0.6 is 0 Å². The van der Waals surface area contributed by atoms with Gasteiger partial charge in [-0.2, -0.15) is 4.98 Å². The number of carbonyl (C=O) groups excluding carboxylic acids is 1. The Morgan fingerprint density at radius 2 is 2.10 bits per heavy atom. The Kier molecular flexibility index (Phi) is 4.92. The summed E-state index contributed by atoms with van der Waals surface area (Å²) in [6.07, 6.45) is 7.61. The first-order chi connectivity index (χ1) is 14.8. The summed E-state index contributed by atoms with van der Waals surface area (Å²) in [7, 11) is 0. The number of nitrogens with zero attached hydrogens (tertiary/aromatic N) is 6. The lowest BCUT2D eigenvalue weighted by atomic mass is 9.94. The van der Waals surface area contributed by atoms with Crippen LogP contribution in [0.25, 0.3) is 22.5 Å². The summed E-state index contributed by atoms with van der Waals surface area (Å²) >= 11 is 0. The maximum Gasteiger partial charge on any atom is 0.228 e. The van der Waals surface area contributed by atoms with Gasteiger partial charge in [-0.05, 0) is 30.9 Å². The van der Waals surface area contributed by atoms with Crippen molar-refractivity contribution in [2.75, 3.05) is 13.1 Å². The lowest BCUT2D eigenvalue weighted by molar-refractivity contribution is -0.132. The summed E-state index contributed by atoms with van der Waals surface area (Å²) in [6.45, 7) is 1.41. The summed E-state index contributed by atoms with van der Waals surface area (Å²) in [6, 6.07) is 7.59. The van der Waals surface area contributed by atoms with Crippen LogP contribution in [0.4, 0.5) is 0 Å². The highest BCUT2D eigenvalue weighted by Crippen LogP contribution is 2.23. The predicted octanol–water partition coefficient (Wildman–Crippen LogP) is 2.69. The molecule has 1 atom stereocenters. The van der Waals surface area contributed by atoms with E-state index in [2.05, 4.69) is 25.3 Å². The minimum atomic E-state index is 0.0598. The molecule has 1 fully saturated rings. The van der Waals surface area contributed by atoms with Crippen molar-refractivity contribution in [2.45, 2.75) is 25.7 Å². The molecule has 1 aromatic carbocycles. The molecule has 4 heterocycles. The standard InChI is InChI=1S/C21H20N6O3/c28-20(11-16-15-5-1-2-6-18(15)29-25-16)27-9-3-4-14(13-27)10-19-24-21(26-30-19)17-12-22-7-8-23-17/h1-2,5-8,12,14H,3-4,9-11,13H2/t14-/m1/s1. The first-order valence-corrected chi connectivity index (χ1v) is 9.96. The molecule has 4 aromatic rings. The van der Waals surface area contributed by atoms with Crippen LogP contribution in [-0.4, -0.2) is 49.2 Å². The van der Waals surface area contributed by atoms with Gasteiger partial charge in [0.15, 0.2) is 5.58 Å². The Balaban J connectivity index is 1.23. The van der Waals surface area contributed by atoms with Gasteiger partial charge < -0.3 is 13.9 Å². The number of piperidine rings is 1. The van der Waals surface area contributed by atoms with E-state index in [1.807, 2.05) is 29.2 Å². The molecule has 0 spiro atoms. The molecule has 9 nitrogen and oxygen atoms in total. The lowest BCUT2D eigenvalue weighted by Crippen LogP contribution is -2.41. The molecule has 5 rings (SSSR count). The van der Waals surface area contributed by atoms with E-state index in [0.29, 0.717) is 41.7 Å². The minimum absolute atomic E-state index is 0.0598. The van der Waals surface area contributed by atoms with Crippen LogP contribution in [-0.2, 0) is 17.6 Å². The smallest absolute Gasteiger partial charge is 0.228 e. The lowest BCUT2D eigenvalue weighted by Gasteiger charge is -2.32. The zero-order chi connectivity index (χ0) is 20.3. The second kappa shape index (κ2) is 8.02. The number of hydrogen-bond donors (Lipinski definition) is 0. The Bertz CT molecular complexity index is 1160. The quantitative estimate of drug-likeness (QED) is 0.499. The number of benzene rings is 1. The van der Waals surface area contributed by atoms with Crippen molar-refractivity contribution in [3.63, 3.8) is 0 Å². The number of hydrogen-bond acceptors (Lipinski definition) is 8. The van der Waals surface area contributed by atoms with Crippen molar-refractivity contribution in [1.82, 2.24) is 30.2 Å². The molecule has 0 aliphatic carbocycles. The first-order valence-electron chi connectivity index (χ1n) is 9.96. The van der Waals surface area contributed by atoms with Gasteiger partial charge in [-0.1, -0.05) is 22.4 Å². The number of para-hydroxylation sites is 1. The number of aromatic nitrogens is 5. The fraction of sp³-hybridized carbons (Fsp3) is 0.333. The van der Waals surface area contributed by atoms with Crippen molar-refractivity contribution in [2.24, 2.45) is 5.92 Å². The topological polar surface area (TPSA) is 111 Å². The maximum absolute atomic E-state index is 12.9. The summed E-state index contributed by atoms with van der Waals surface area (Å²) in [5, 5.41) is 8.97. The van der Waals surface area contributed by atoms with Gasteiger partial charge in [-0.15, -0.1) is 0 Å². The fourth-order valence-corrected chi connectivity index (χ4v) is 3.88. The summed E-state index contributed by atoms with van der Waals surface area (Å²) in [5.74, 6) is 1.31. The molecule has 0 bridgehead atoms. The number of rotatable bonds is 5. The highest BCUT2D eigenvalue weighted by Gasteiger charge is 2.26. The molecule has 9 heteroatoms. The molecular weight excluding hydrogens is 384 g/mol. The molecule has 152 valence electrons. The van der Waals surface area contributed by atoms with Crippen LogP contribution < -0.4 is 0 Å². The summed E-state index contributed by atoms with van der Waals surface area (Å²) < 4.78 is 10.7. The number of amides is 1. The molecule has 3 aromatic heterocycles. The van der Waals surface area contributed by atoms with Crippen LogP contribution in [0.15, 0.2) is 51.9 Å². The SMILES string of the molecule is O=C(Cc1noc2ccccc12)N1CCC[C@H](Cc2nc(-c3cnccn3)no2)C1. The number of carbonyl (C=O) groups is 1. The van der Waals surface area contributed by atoms with Crippen LogP contribution in [0.2, 0.25) is 0 Å². The number of fused-ring (bicyclic) bond motifs is 1. The Morgan fingerprint density at radius 3 is 3.00 bits per heavy atom. The summed E-state index contributed by atoms with van der Waals surface area (Å²) in [5.41, 5.74) is 1.96. The molecule has 1 saturated heterocycles. The predicted molar refractivity (Wildman–Crippen MR) is 106 cm³/mol. The van der Waals surface area contributed by atoms with Gasteiger partial charge >= 0.3 is 0 Å². The van der Waals surface area contributed by atoms with Gasteiger partial charge in [0.05, 0.1) is 12.6 Å². The molecule has 1 aliphatic heterocycles. The van der Waals surface area contributed by atoms with Gasteiger partial charge in [0.1, 0.15) is 11.4 Å². The van der Waals surface area contributed by atoms with Gasteiger partial charge in [-0.25, -0.2) is 4.98 Å². The molecule has 0 N–H and O–H groups in total. The second-order valence-electron chi connectivity index (χ2n) is 7.46. The van der Waals surface area contributed by atoms with E-state index in [9.17, 15) is 4.79 Å². The average molecular weight is 404 g/mol. The normalized spacial score (nSPS) is 16.8. The van der Waals surface area contributed by atoms with E-state index in [1.165, 1.54) is 0 Å². The van der Waals surface area contributed by atoms with Crippen molar-refractivity contribution in [3.05, 3.63) is 54.4 Å². The fourth-order valence-electron chi connectivity index (χ4n) is 3.88. The molecule has 0 unspecified atom stereocenters. The highest BCUT2D eigenvalue weighted by molar-refractivity contribution is 5.86. The Hall–Kier alpha value is -3.62. The zero-order valence-corrected chi connectivity index (χ0v) is 16.3. The van der Waals surface area contributed by atoms with Gasteiger partial charge in [-0.3, -0.25) is 9.78 Å². The van der Waals surface area contributed by atoms with E-state index in [0.717, 1.165) is 24.8 Å². The van der Waals surface area contributed by atoms with Crippen molar-refractivity contribution in [1.29, 1.82) is 0 Å². The zero-order valence-electron chi connectivity index (χ0n) is 16.3. The molecule has 30 heavy (non-hydrogen) atoms. The molecule has 0 radical (unpaired) electrons. The minimum Gasteiger partial charge on any atom is -0.356 e. The molecule has 1 aliphatic rings.